The van der Waals surface area contributed by atoms with Crippen molar-refractivity contribution in [3.05, 3.63) is 71.3 Å². The Labute approximate surface area is 130 Å². The number of hydrazone groups is 1. The summed E-state index contributed by atoms with van der Waals surface area (Å²) in [5, 5.41) is 3.92. The number of carbonyl (C=O) groups is 1. The van der Waals surface area contributed by atoms with Crippen molar-refractivity contribution in [3.63, 3.8) is 0 Å². The molecule has 0 atom stereocenters. The highest BCUT2D eigenvalue weighted by Crippen LogP contribution is 2.14. The minimum Gasteiger partial charge on any atom is -0.496 e. The van der Waals surface area contributed by atoms with Gasteiger partial charge in [-0.2, -0.15) is 5.10 Å². The average molecular weight is 294 g/mol. The zero-order valence-corrected chi connectivity index (χ0v) is 12.6. The second-order valence-electron chi connectivity index (χ2n) is 4.72. The summed E-state index contributed by atoms with van der Waals surface area (Å²) in [6, 6.07) is 15.3. The first-order valence-corrected chi connectivity index (χ1v) is 6.90. The summed E-state index contributed by atoms with van der Waals surface area (Å²) in [4.78, 5) is 11.7. The van der Waals surface area contributed by atoms with Crippen LogP contribution in [-0.4, -0.2) is 19.2 Å². The van der Waals surface area contributed by atoms with E-state index in [4.69, 9.17) is 4.74 Å². The van der Waals surface area contributed by atoms with Crippen LogP contribution in [0.3, 0.4) is 0 Å². The monoisotopic (exact) mass is 294 g/mol. The zero-order chi connectivity index (χ0) is 15.8. The van der Waals surface area contributed by atoms with Gasteiger partial charge in [0.1, 0.15) is 5.75 Å². The fourth-order valence-electron chi connectivity index (χ4n) is 1.83. The van der Waals surface area contributed by atoms with Gasteiger partial charge in [-0.15, -0.1) is 0 Å². The molecule has 22 heavy (non-hydrogen) atoms. The number of nitrogens with one attached hydrogen (secondary N) is 1. The lowest BCUT2D eigenvalue weighted by Crippen LogP contribution is -2.14. The van der Waals surface area contributed by atoms with Gasteiger partial charge in [-0.05, 0) is 30.7 Å². The molecular formula is C18H18N2O2. The van der Waals surface area contributed by atoms with E-state index in [1.165, 1.54) is 11.6 Å². The molecule has 4 heteroatoms. The number of para-hydroxylation sites is 1. The normalized spacial score (nSPS) is 11.0. The van der Waals surface area contributed by atoms with Crippen molar-refractivity contribution in [2.75, 3.05) is 7.11 Å². The molecule has 0 unspecified atom stereocenters. The van der Waals surface area contributed by atoms with Crippen LogP contribution in [0.1, 0.15) is 16.7 Å². The quantitative estimate of drug-likeness (QED) is 0.523. The Kier molecular flexibility index (Phi) is 5.49. The largest absolute Gasteiger partial charge is 0.496 e. The number of hydrogen-bond donors (Lipinski definition) is 1. The predicted octanol–water partition coefficient (Wildman–Crippen LogP) is 3.17. The van der Waals surface area contributed by atoms with Crippen LogP contribution in [0.4, 0.5) is 0 Å². The second kappa shape index (κ2) is 7.78. The fourth-order valence-corrected chi connectivity index (χ4v) is 1.83. The zero-order valence-electron chi connectivity index (χ0n) is 12.6. The number of ether oxygens (including phenoxy) is 1. The number of rotatable bonds is 5. The van der Waals surface area contributed by atoms with Crippen LogP contribution in [-0.2, 0) is 4.79 Å². The van der Waals surface area contributed by atoms with E-state index in [1.54, 1.807) is 19.4 Å². The van der Waals surface area contributed by atoms with Crippen LogP contribution in [0.25, 0.3) is 6.08 Å². The van der Waals surface area contributed by atoms with Crippen molar-refractivity contribution in [1.29, 1.82) is 0 Å². The Bertz CT molecular complexity index is 688. The third-order valence-corrected chi connectivity index (χ3v) is 3.02. The highest BCUT2D eigenvalue weighted by Gasteiger charge is 1.98. The van der Waals surface area contributed by atoms with Crippen molar-refractivity contribution in [2.45, 2.75) is 6.92 Å². The standard InChI is InChI=1S/C18H18N2O2/c1-14-7-9-15(10-8-14)11-12-18(21)20-19-13-16-5-3-4-6-17(16)22-2/h3-13H,1-2H3,(H,20,21)/b12-11+,19-13-. The molecule has 1 N–H and O–H groups in total. The molecule has 0 aliphatic heterocycles. The fraction of sp³-hybridized carbons (Fsp3) is 0.111. The number of nitrogens with zero attached hydrogens (tertiary/aromatic N) is 1. The van der Waals surface area contributed by atoms with Gasteiger partial charge in [-0.3, -0.25) is 4.79 Å². The minimum absolute atomic E-state index is 0.285. The number of carbonyl (C=O) groups excluding carboxylic acids is 1. The van der Waals surface area contributed by atoms with E-state index < -0.39 is 0 Å². The van der Waals surface area contributed by atoms with Gasteiger partial charge in [-0.1, -0.05) is 42.0 Å². The van der Waals surface area contributed by atoms with Crippen LogP contribution in [0.5, 0.6) is 5.75 Å². The van der Waals surface area contributed by atoms with Gasteiger partial charge < -0.3 is 4.74 Å². The van der Waals surface area contributed by atoms with Crippen molar-refractivity contribution in [2.24, 2.45) is 5.10 Å². The smallest absolute Gasteiger partial charge is 0.264 e. The number of benzene rings is 2. The molecule has 2 rings (SSSR count). The maximum atomic E-state index is 11.7. The molecule has 0 saturated carbocycles. The van der Waals surface area contributed by atoms with Crippen molar-refractivity contribution < 1.29 is 9.53 Å². The summed E-state index contributed by atoms with van der Waals surface area (Å²) in [6.07, 6.45) is 4.74. The van der Waals surface area contributed by atoms with E-state index in [-0.39, 0.29) is 5.91 Å². The number of hydrogen-bond acceptors (Lipinski definition) is 3. The van der Waals surface area contributed by atoms with Crippen molar-refractivity contribution >= 4 is 18.2 Å². The Morgan fingerprint density at radius 1 is 1.14 bits per heavy atom. The maximum absolute atomic E-state index is 11.7. The Morgan fingerprint density at radius 3 is 2.59 bits per heavy atom. The van der Waals surface area contributed by atoms with Gasteiger partial charge in [-0.25, -0.2) is 5.43 Å². The van der Waals surface area contributed by atoms with Gasteiger partial charge in [0.25, 0.3) is 5.91 Å². The van der Waals surface area contributed by atoms with E-state index in [1.807, 2.05) is 55.5 Å². The molecule has 112 valence electrons. The number of amides is 1. The summed E-state index contributed by atoms with van der Waals surface area (Å²) >= 11 is 0. The maximum Gasteiger partial charge on any atom is 0.264 e. The molecule has 1 amide bonds. The van der Waals surface area contributed by atoms with Crippen LogP contribution in [0.2, 0.25) is 0 Å². The van der Waals surface area contributed by atoms with Gasteiger partial charge in [0.05, 0.1) is 13.3 Å². The first-order chi connectivity index (χ1) is 10.7. The van der Waals surface area contributed by atoms with Gasteiger partial charge >= 0.3 is 0 Å². The van der Waals surface area contributed by atoms with E-state index in [9.17, 15) is 4.79 Å². The molecule has 0 aromatic heterocycles. The molecule has 0 fully saturated rings. The highest BCUT2D eigenvalue weighted by atomic mass is 16.5. The molecule has 0 bridgehead atoms. The number of methoxy groups -OCH3 is 1. The summed E-state index contributed by atoms with van der Waals surface area (Å²) < 4.78 is 5.20. The summed E-state index contributed by atoms with van der Waals surface area (Å²) in [7, 11) is 1.59. The Morgan fingerprint density at radius 2 is 1.86 bits per heavy atom. The third kappa shape index (κ3) is 4.59. The second-order valence-corrected chi connectivity index (χ2v) is 4.72. The molecule has 0 saturated heterocycles. The van der Waals surface area contributed by atoms with Crippen LogP contribution in [0, 0.1) is 6.92 Å². The lowest BCUT2D eigenvalue weighted by molar-refractivity contribution is -0.116. The molecule has 0 aliphatic carbocycles. The molecule has 2 aromatic carbocycles. The number of aryl methyl sites for hydroxylation is 1. The predicted molar refractivity (Wildman–Crippen MR) is 88.9 cm³/mol. The summed E-state index contributed by atoms with van der Waals surface area (Å²) in [5.74, 6) is 0.419. The van der Waals surface area contributed by atoms with E-state index in [0.717, 1.165) is 11.1 Å². The van der Waals surface area contributed by atoms with Gasteiger partial charge in [0.2, 0.25) is 0 Å². The SMILES string of the molecule is COc1ccccc1/C=N\NC(=O)/C=C/c1ccc(C)cc1. The summed E-state index contributed by atoms with van der Waals surface area (Å²) in [6.45, 7) is 2.02. The molecule has 0 spiro atoms. The first-order valence-electron chi connectivity index (χ1n) is 6.90. The van der Waals surface area contributed by atoms with Crippen LogP contribution >= 0.6 is 0 Å². The molecule has 2 aromatic rings. The van der Waals surface area contributed by atoms with E-state index in [2.05, 4.69) is 10.5 Å². The summed E-state index contributed by atoms with van der Waals surface area (Å²) in [5.41, 5.74) is 5.40. The molecule has 0 aliphatic rings. The van der Waals surface area contributed by atoms with Crippen molar-refractivity contribution in [3.8, 4) is 5.75 Å². The topological polar surface area (TPSA) is 50.7 Å². The van der Waals surface area contributed by atoms with Crippen LogP contribution in [0.15, 0.2) is 59.7 Å². The van der Waals surface area contributed by atoms with E-state index in [0.29, 0.717) is 5.75 Å². The van der Waals surface area contributed by atoms with Gasteiger partial charge in [0.15, 0.2) is 0 Å². The lowest BCUT2D eigenvalue weighted by Gasteiger charge is -2.02. The molecule has 0 heterocycles. The highest BCUT2D eigenvalue weighted by molar-refractivity contribution is 5.92. The Hall–Kier alpha value is -2.88. The van der Waals surface area contributed by atoms with E-state index >= 15 is 0 Å². The first kappa shape index (κ1) is 15.5. The van der Waals surface area contributed by atoms with Crippen LogP contribution < -0.4 is 10.2 Å². The Balaban J connectivity index is 1.92. The minimum atomic E-state index is -0.285. The molecular weight excluding hydrogens is 276 g/mol. The van der Waals surface area contributed by atoms with Gasteiger partial charge in [0, 0.05) is 11.6 Å². The molecule has 4 nitrogen and oxygen atoms in total. The third-order valence-electron chi connectivity index (χ3n) is 3.02. The van der Waals surface area contributed by atoms with Crippen molar-refractivity contribution in [1.82, 2.24) is 5.43 Å². The average Bonchev–Trinajstić information content (AvgIpc) is 2.55. The molecule has 0 radical (unpaired) electrons. The lowest BCUT2D eigenvalue weighted by atomic mass is 10.1.